The van der Waals surface area contributed by atoms with Crippen LogP contribution in [0.1, 0.15) is 18.1 Å². The summed E-state index contributed by atoms with van der Waals surface area (Å²) in [6.45, 7) is 4.19. The van der Waals surface area contributed by atoms with Crippen molar-refractivity contribution in [1.29, 1.82) is 0 Å². The first kappa shape index (κ1) is 17.0. The molecule has 1 N–H and O–H groups in total. The first-order valence-corrected chi connectivity index (χ1v) is 7.56. The summed E-state index contributed by atoms with van der Waals surface area (Å²) in [4.78, 5) is 30.7. The Kier molecular flexibility index (Phi) is 5.71. The number of aromatic nitrogens is 2. The molecule has 2 rings (SSSR count). The summed E-state index contributed by atoms with van der Waals surface area (Å²) in [6, 6.07) is 6.55. The van der Waals surface area contributed by atoms with E-state index in [2.05, 4.69) is 9.97 Å². The number of nitrogens with one attached hydrogen (secondary N) is 1. The van der Waals surface area contributed by atoms with E-state index in [0.29, 0.717) is 40.3 Å². The minimum absolute atomic E-state index is 0.000497. The molecule has 0 aliphatic rings. The molecule has 1 aromatic carbocycles. The number of halogens is 1. The lowest BCUT2D eigenvalue weighted by Crippen LogP contribution is -2.09. The van der Waals surface area contributed by atoms with Gasteiger partial charge in [-0.1, -0.05) is 23.7 Å². The number of carbonyl (C=O) groups is 1. The molecule has 5 nitrogen and oxygen atoms in total. The molecule has 6 heteroatoms. The highest BCUT2D eigenvalue weighted by Gasteiger charge is 2.09. The van der Waals surface area contributed by atoms with Gasteiger partial charge in [0.2, 0.25) is 0 Å². The largest absolute Gasteiger partial charge is 0.491 e. The standard InChI is InChI=1S/C17H17ClN2O3/c1-3-23-17-11(2)4-6-13-15(17)20-10-19-14(18)7-5-12(8-9-21)16(13)22/h4-7,9-10H,3,8H2,1-2H3,(H,19,20). The van der Waals surface area contributed by atoms with Crippen LogP contribution in [-0.4, -0.2) is 22.9 Å². The van der Waals surface area contributed by atoms with Crippen LogP contribution < -0.4 is 10.2 Å². The summed E-state index contributed by atoms with van der Waals surface area (Å²) >= 11 is 5.98. The van der Waals surface area contributed by atoms with Crippen molar-refractivity contribution in [2.45, 2.75) is 20.3 Å². The molecule has 1 aromatic heterocycles. The number of aryl methyl sites for hydroxylation is 1. The van der Waals surface area contributed by atoms with Crippen LogP contribution in [0.3, 0.4) is 0 Å². The number of carbonyl (C=O) groups excluding carboxylic acids is 1. The summed E-state index contributed by atoms with van der Waals surface area (Å²) in [5, 5.41) is 0.677. The van der Waals surface area contributed by atoms with Crippen molar-refractivity contribution < 1.29 is 9.53 Å². The molecule has 0 spiro atoms. The predicted molar refractivity (Wildman–Crippen MR) is 90.7 cm³/mol. The molecule has 0 aliphatic heterocycles. The van der Waals surface area contributed by atoms with Gasteiger partial charge in [0.25, 0.3) is 0 Å². The zero-order valence-electron chi connectivity index (χ0n) is 12.9. The zero-order chi connectivity index (χ0) is 16.8. The zero-order valence-corrected chi connectivity index (χ0v) is 13.7. The minimum Gasteiger partial charge on any atom is -0.491 e. The van der Waals surface area contributed by atoms with Crippen molar-refractivity contribution in [3.63, 3.8) is 0 Å². The fraction of sp³-hybridized carbons (Fsp3) is 0.235. The lowest BCUT2D eigenvalue weighted by Gasteiger charge is -2.08. The molecule has 1 heterocycles. The van der Waals surface area contributed by atoms with Crippen LogP contribution in [0.15, 0.2) is 35.4 Å². The van der Waals surface area contributed by atoms with Gasteiger partial charge >= 0.3 is 0 Å². The molecule has 0 aliphatic carbocycles. The second-order valence-corrected chi connectivity index (χ2v) is 5.26. The van der Waals surface area contributed by atoms with Crippen LogP contribution in [0.4, 0.5) is 0 Å². The molecule has 0 amide bonds. The van der Waals surface area contributed by atoms with E-state index in [1.54, 1.807) is 12.1 Å². The topological polar surface area (TPSA) is 72.1 Å². The number of fused-ring (bicyclic) bond motifs is 1. The quantitative estimate of drug-likeness (QED) is 0.873. The smallest absolute Gasteiger partial charge is 0.191 e. The average molecular weight is 333 g/mol. The number of ether oxygens (including phenoxy) is 1. The van der Waals surface area contributed by atoms with Gasteiger partial charge in [-0.2, -0.15) is 0 Å². The maximum Gasteiger partial charge on any atom is 0.191 e. The molecular formula is C17H17ClN2O3. The van der Waals surface area contributed by atoms with Crippen molar-refractivity contribution >= 4 is 28.8 Å². The Labute approximate surface area is 138 Å². The van der Waals surface area contributed by atoms with Crippen LogP contribution in [0, 0.1) is 6.92 Å². The maximum absolute atomic E-state index is 12.8. The molecular weight excluding hydrogens is 316 g/mol. The fourth-order valence-electron chi connectivity index (χ4n) is 2.19. The summed E-state index contributed by atoms with van der Waals surface area (Å²) < 4.78 is 5.64. The second kappa shape index (κ2) is 7.74. The first-order chi connectivity index (χ1) is 11.1. The van der Waals surface area contributed by atoms with E-state index in [-0.39, 0.29) is 11.8 Å². The Morgan fingerprint density at radius 1 is 1.30 bits per heavy atom. The number of rotatable bonds is 4. The van der Waals surface area contributed by atoms with Crippen molar-refractivity contribution in [2.75, 3.05) is 6.61 Å². The van der Waals surface area contributed by atoms with Crippen molar-refractivity contribution in [2.24, 2.45) is 0 Å². The van der Waals surface area contributed by atoms with Crippen LogP contribution in [-0.2, 0) is 11.2 Å². The molecule has 0 fully saturated rings. The van der Waals surface area contributed by atoms with Gasteiger partial charge in [-0.15, -0.1) is 0 Å². The number of benzene rings is 1. The van der Waals surface area contributed by atoms with Gasteiger partial charge in [-0.05, 0) is 31.5 Å². The van der Waals surface area contributed by atoms with Gasteiger partial charge in [-0.25, -0.2) is 4.98 Å². The van der Waals surface area contributed by atoms with E-state index < -0.39 is 0 Å². The number of H-pyrrole nitrogens is 1. The van der Waals surface area contributed by atoms with Crippen molar-refractivity contribution in [3.8, 4) is 5.75 Å². The molecule has 0 unspecified atom stereocenters. The minimum atomic E-state index is -0.271. The maximum atomic E-state index is 12.8. The molecule has 0 saturated heterocycles. The third-order valence-electron chi connectivity index (χ3n) is 3.28. The van der Waals surface area contributed by atoms with Crippen molar-refractivity contribution in [3.05, 3.63) is 57.1 Å². The molecule has 0 atom stereocenters. The van der Waals surface area contributed by atoms with E-state index in [0.717, 1.165) is 5.56 Å². The van der Waals surface area contributed by atoms with Crippen molar-refractivity contribution in [1.82, 2.24) is 9.97 Å². The SMILES string of the molecule is CCOc1c(C)ccc2c(=O)c(CC=O)ccc(Cl)[nH]cnc12. The summed E-state index contributed by atoms with van der Waals surface area (Å²) in [6.07, 6.45) is 2.09. The van der Waals surface area contributed by atoms with Crippen LogP contribution in [0.25, 0.3) is 10.9 Å². The third kappa shape index (κ3) is 3.87. The van der Waals surface area contributed by atoms with Crippen LogP contribution >= 0.6 is 11.6 Å². The normalized spacial score (nSPS) is 10.2. The van der Waals surface area contributed by atoms with Gasteiger partial charge in [0.05, 0.1) is 18.3 Å². The third-order valence-corrected chi connectivity index (χ3v) is 3.52. The molecule has 120 valence electrons. The highest BCUT2D eigenvalue weighted by molar-refractivity contribution is 6.29. The molecule has 0 saturated carbocycles. The Hall–Kier alpha value is -2.40. The Balaban J connectivity index is 3.00. The van der Waals surface area contributed by atoms with E-state index >= 15 is 0 Å². The molecule has 0 radical (unpaired) electrons. The molecule has 2 aromatic rings. The van der Waals surface area contributed by atoms with Gasteiger partial charge in [0, 0.05) is 12.0 Å². The Morgan fingerprint density at radius 2 is 2.09 bits per heavy atom. The summed E-state index contributed by atoms with van der Waals surface area (Å²) in [5.41, 5.74) is 1.36. The van der Waals surface area contributed by atoms with Gasteiger partial charge in [-0.3, -0.25) is 4.79 Å². The monoisotopic (exact) mass is 332 g/mol. The lowest BCUT2D eigenvalue weighted by atomic mass is 10.1. The second-order valence-electron chi connectivity index (χ2n) is 4.85. The van der Waals surface area contributed by atoms with E-state index in [9.17, 15) is 9.59 Å². The first-order valence-electron chi connectivity index (χ1n) is 7.18. The van der Waals surface area contributed by atoms with Crippen LogP contribution in [0.5, 0.6) is 5.75 Å². The number of aromatic amines is 1. The highest BCUT2D eigenvalue weighted by atomic mass is 35.5. The summed E-state index contributed by atoms with van der Waals surface area (Å²) in [7, 11) is 0. The Bertz CT molecular complexity index is 845. The Morgan fingerprint density at radius 3 is 2.78 bits per heavy atom. The summed E-state index contributed by atoms with van der Waals surface area (Å²) in [5.74, 6) is 0.544. The molecule has 0 bridgehead atoms. The molecule has 23 heavy (non-hydrogen) atoms. The fourth-order valence-corrected chi connectivity index (χ4v) is 2.30. The van der Waals surface area contributed by atoms with E-state index in [1.165, 1.54) is 18.5 Å². The highest BCUT2D eigenvalue weighted by Crippen LogP contribution is 2.25. The lowest BCUT2D eigenvalue weighted by molar-refractivity contribution is -0.107. The van der Waals surface area contributed by atoms with Gasteiger partial charge < -0.3 is 14.5 Å². The van der Waals surface area contributed by atoms with Gasteiger partial charge in [0.1, 0.15) is 22.7 Å². The van der Waals surface area contributed by atoms with Gasteiger partial charge in [0.15, 0.2) is 5.43 Å². The van der Waals surface area contributed by atoms with E-state index in [1.807, 2.05) is 13.8 Å². The predicted octanol–water partition coefficient (Wildman–Crippen LogP) is 3.15. The number of hydrogen-bond donors (Lipinski definition) is 1. The van der Waals surface area contributed by atoms with Crippen LogP contribution in [0.2, 0.25) is 5.15 Å². The average Bonchev–Trinajstić information content (AvgIpc) is 2.53. The number of aldehydes is 1. The number of hydrogen-bond acceptors (Lipinski definition) is 4. The number of nitrogens with zero attached hydrogens (tertiary/aromatic N) is 1. The van der Waals surface area contributed by atoms with E-state index in [4.69, 9.17) is 16.3 Å².